The summed E-state index contributed by atoms with van der Waals surface area (Å²) in [4.78, 5) is 30.0. The highest BCUT2D eigenvalue weighted by atomic mass is 16.2. The molecule has 0 aliphatic carbocycles. The van der Waals surface area contributed by atoms with Gasteiger partial charge in [-0.15, -0.1) is 0 Å². The number of aliphatic imine (C=N–C) groups is 1. The predicted molar refractivity (Wildman–Crippen MR) is 103 cm³/mol. The maximum Gasteiger partial charge on any atom is 0.251 e. The van der Waals surface area contributed by atoms with E-state index in [1.807, 2.05) is 18.2 Å². The van der Waals surface area contributed by atoms with E-state index in [2.05, 4.69) is 25.8 Å². The Morgan fingerprint density at radius 3 is 2.38 bits per heavy atom. The van der Waals surface area contributed by atoms with E-state index < -0.39 is 0 Å². The molecule has 0 atom stereocenters. The van der Waals surface area contributed by atoms with Gasteiger partial charge in [-0.05, 0) is 30.9 Å². The van der Waals surface area contributed by atoms with Gasteiger partial charge in [0.1, 0.15) is 0 Å². The minimum absolute atomic E-state index is 0.0718. The molecule has 0 spiro atoms. The Morgan fingerprint density at radius 1 is 1.12 bits per heavy atom. The van der Waals surface area contributed by atoms with Gasteiger partial charge in [-0.1, -0.05) is 18.2 Å². The molecule has 1 heterocycles. The third-order valence-corrected chi connectivity index (χ3v) is 4.61. The number of carbonyl (C=O) groups is 2. The van der Waals surface area contributed by atoms with Crippen LogP contribution >= 0.6 is 0 Å². The molecule has 1 fully saturated rings. The van der Waals surface area contributed by atoms with Crippen molar-refractivity contribution in [2.75, 3.05) is 40.3 Å². The molecular formula is C19H29N5O2. The van der Waals surface area contributed by atoms with Crippen LogP contribution in [-0.4, -0.2) is 62.9 Å². The molecule has 0 radical (unpaired) electrons. The highest BCUT2D eigenvalue weighted by Gasteiger charge is 2.22. The molecule has 1 aliphatic heterocycles. The normalized spacial score (nSPS) is 15.5. The molecule has 0 saturated carbocycles. The first kappa shape index (κ1) is 19.8. The fourth-order valence-electron chi connectivity index (χ4n) is 3.09. The molecule has 1 aromatic rings. The van der Waals surface area contributed by atoms with Gasteiger partial charge in [-0.3, -0.25) is 14.6 Å². The third kappa shape index (κ3) is 6.06. The van der Waals surface area contributed by atoms with E-state index in [9.17, 15) is 9.59 Å². The molecule has 1 saturated heterocycles. The van der Waals surface area contributed by atoms with Gasteiger partial charge in [0.15, 0.2) is 5.96 Å². The van der Waals surface area contributed by atoms with Crippen molar-refractivity contribution in [3.63, 3.8) is 0 Å². The lowest BCUT2D eigenvalue weighted by molar-refractivity contribution is -0.121. The Kier molecular flexibility index (Phi) is 7.92. The third-order valence-electron chi connectivity index (χ3n) is 4.61. The number of nitrogens with zero attached hydrogens (tertiary/aromatic N) is 2. The summed E-state index contributed by atoms with van der Waals surface area (Å²) in [7, 11) is 3.45. The van der Waals surface area contributed by atoms with E-state index in [1.54, 1.807) is 26.2 Å². The molecule has 2 amide bonds. The summed E-state index contributed by atoms with van der Waals surface area (Å²) in [5, 5.41) is 8.88. The highest BCUT2D eigenvalue weighted by molar-refractivity contribution is 5.94. The number of likely N-dealkylation sites (tertiary alicyclic amines) is 1. The Bertz CT molecular complexity index is 610. The number of amides is 2. The van der Waals surface area contributed by atoms with E-state index in [-0.39, 0.29) is 11.8 Å². The maximum atomic E-state index is 12.0. The second kappa shape index (κ2) is 10.4. The Morgan fingerprint density at radius 2 is 1.77 bits per heavy atom. The molecule has 3 N–H and O–H groups in total. The number of carbonyl (C=O) groups excluding carboxylic acids is 2. The van der Waals surface area contributed by atoms with Crippen molar-refractivity contribution in [2.24, 2.45) is 10.9 Å². The zero-order valence-electron chi connectivity index (χ0n) is 15.6. The lowest BCUT2D eigenvalue weighted by Crippen LogP contribution is -2.47. The van der Waals surface area contributed by atoms with Crippen LogP contribution in [-0.2, 0) is 4.79 Å². The fraction of sp³-hybridized carbons (Fsp3) is 0.526. The van der Waals surface area contributed by atoms with Gasteiger partial charge in [0.2, 0.25) is 5.91 Å². The number of hydrogen-bond acceptors (Lipinski definition) is 3. The van der Waals surface area contributed by atoms with Gasteiger partial charge in [-0.2, -0.15) is 0 Å². The van der Waals surface area contributed by atoms with Crippen molar-refractivity contribution >= 4 is 17.8 Å². The number of benzene rings is 1. The summed E-state index contributed by atoms with van der Waals surface area (Å²) >= 11 is 0. The van der Waals surface area contributed by atoms with Gasteiger partial charge in [0, 0.05) is 52.3 Å². The number of guanidine groups is 1. The van der Waals surface area contributed by atoms with E-state index >= 15 is 0 Å². The second-order valence-corrected chi connectivity index (χ2v) is 6.40. The Hall–Kier alpha value is -2.57. The summed E-state index contributed by atoms with van der Waals surface area (Å²) in [6.45, 7) is 2.92. The molecule has 7 heteroatoms. The zero-order valence-corrected chi connectivity index (χ0v) is 15.6. The highest BCUT2D eigenvalue weighted by Crippen LogP contribution is 2.20. The summed E-state index contributed by atoms with van der Waals surface area (Å²) in [6, 6.07) is 9.18. The van der Waals surface area contributed by atoms with Gasteiger partial charge in [0.05, 0.1) is 0 Å². The van der Waals surface area contributed by atoms with Crippen molar-refractivity contribution in [2.45, 2.75) is 19.3 Å². The van der Waals surface area contributed by atoms with Crippen LogP contribution in [0.4, 0.5) is 0 Å². The first-order valence-electron chi connectivity index (χ1n) is 9.13. The van der Waals surface area contributed by atoms with Crippen molar-refractivity contribution < 1.29 is 9.59 Å². The van der Waals surface area contributed by atoms with Crippen LogP contribution in [0.15, 0.2) is 35.3 Å². The van der Waals surface area contributed by atoms with Crippen LogP contribution in [0.3, 0.4) is 0 Å². The van der Waals surface area contributed by atoms with E-state index in [0.717, 1.165) is 31.9 Å². The Labute approximate surface area is 155 Å². The smallest absolute Gasteiger partial charge is 0.251 e. The first-order chi connectivity index (χ1) is 12.6. The van der Waals surface area contributed by atoms with Gasteiger partial charge in [0.25, 0.3) is 5.91 Å². The van der Waals surface area contributed by atoms with Crippen LogP contribution in [0.5, 0.6) is 0 Å². The standard InChI is InChI=1S/C19H29N5O2/c1-20-17(25)14-15-8-12-24(13-9-15)19(21-2)23-11-10-22-18(26)16-6-4-3-5-7-16/h3-7,15H,8-14H2,1-2H3,(H,20,25)(H,21,23)(H,22,26). The molecule has 142 valence electrons. The topological polar surface area (TPSA) is 85.8 Å². The summed E-state index contributed by atoms with van der Waals surface area (Å²) in [5.74, 6) is 1.32. The average Bonchev–Trinajstić information content (AvgIpc) is 2.69. The molecule has 0 aromatic heterocycles. The average molecular weight is 359 g/mol. The molecule has 26 heavy (non-hydrogen) atoms. The lowest BCUT2D eigenvalue weighted by Gasteiger charge is -2.34. The number of nitrogens with one attached hydrogen (secondary N) is 3. The summed E-state index contributed by atoms with van der Waals surface area (Å²) in [6.07, 6.45) is 2.57. The molecule has 0 bridgehead atoms. The van der Waals surface area contributed by atoms with Crippen molar-refractivity contribution in [1.82, 2.24) is 20.9 Å². The van der Waals surface area contributed by atoms with Crippen LogP contribution in [0.25, 0.3) is 0 Å². The van der Waals surface area contributed by atoms with Gasteiger partial charge < -0.3 is 20.9 Å². The second-order valence-electron chi connectivity index (χ2n) is 6.40. The largest absolute Gasteiger partial charge is 0.359 e. The van der Waals surface area contributed by atoms with E-state index in [0.29, 0.717) is 31.0 Å². The quantitative estimate of drug-likeness (QED) is 0.399. The summed E-state index contributed by atoms with van der Waals surface area (Å²) < 4.78 is 0. The first-order valence-corrected chi connectivity index (χ1v) is 9.13. The minimum Gasteiger partial charge on any atom is -0.359 e. The van der Waals surface area contributed by atoms with Crippen LogP contribution in [0, 0.1) is 5.92 Å². The van der Waals surface area contributed by atoms with Crippen LogP contribution < -0.4 is 16.0 Å². The van der Waals surface area contributed by atoms with E-state index in [1.165, 1.54) is 0 Å². The molecular weight excluding hydrogens is 330 g/mol. The maximum absolute atomic E-state index is 12.0. The lowest BCUT2D eigenvalue weighted by atomic mass is 9.93. The fourth-order valence-corrected chi connectivity index (χ4v) is 3.09. The SMILES string of the molecule is CN=C(NCCNC(=O)c1ccccc1)N1CCC(CC(=O)NC)CC1. The minimum atomic E-state index is -0.0718. The Balaban J connectivity index is 1.68. The predicted octanol–water partition coefficient (Wildman–Crippen LogP) is 0.840. The van der Waals surface area contributed by atoms with Gasteiger partial charge >= 0.3 is 0 Å². The van der Waals surface area contributed by atoms with Gasteiger partial charge in [-0.25, -0.2) is 0 Å². The van der Waals surface area contributed by atoms with E-state index in [4.69, 9.17) is 0 Å². The van der Waals surface area contributed by atoms with Crippen molar-refractivity contribution in [1.29, 1.82) is 0 Å². The molecule has 1 aliphatic rings. The molecule has 7 nitrogen and oxygen atoms in total. The van der Waals surface area contributed by atoms with Crippen molar-refractivity contribution in [3.8, 4) is 0 Å². The van der Waals surface area contributed by atoms with Crippen molar-refractivity contribution in [3.05, 3.63) is 35.9 Å². The number of hydrogen-bond donors (Lipinski definition) is 3. The van der Waals surface area contributed by atoms with Crippen LogP contribution in [0.2, 0.25) is 0 Å². The number of piperidine rings is 1. The monoisotopic (exact) mass is 359 g/mol. The molecule has 2 rings (SSSR count). The zero-order chi connectivity index (χ0) is 18.8. The molecule has 0 unspecified atom stereocenters. The van der Waals surface area contributed by atoms with Crippen LogP contribution in [0.1, 0.15) is 29.6 Å². The number of rotatable bonds is 6. The molecule has 1 aromatic carbocycles. The summed E-state index contributed by atoms with van der Waals surface area (Å²) in [5.41, 5.74) is 0.662.